The summed E-state index contributed by atoms with van der Waals surface area (Å²) in [6, 6.07) is 13.0. The fraction of sp³-hybridized carbons (Fsp3) is 0.348. The maximum atomic E-state index is 12.7. The molecule has 4 rings (SSSR count). The number of amides is 1. The average Bonchev–Trinajstić information content (AvgIpc) is 3.10. The molecular weight excluding hydrogens is 396 g/mol. The Hall–Kier alpha value is -3.57. The van der Waals surface area contributed by atoms with E-state index in [-0.39, 0.29) is 25.0 Å². The third kappa shape index (κ3) is 4.78. The molecule has 2 aromatic carbocycles. The molecule has 2 heterocycles. The monoisotopic (exact) mass is 420 g/mol. The van der Waals surface area contributed by atoms with Crippen LogP contribution in [0.1, 0.15) is 29.3 Å². The van der Waals surface area contributed by atoms with Gasteiger partial charge in [-0.25, -0.2) is 0 Å². The Morgan fingerprint density at radius 1 is 1.06 bits per heavy atom. The summed E-state index contributed by atoms with van der Waals surface area (Å²) >= 11 is 0. The van der Waals surface area contributed by atoms with Gasteiger partial charge in [0.25, 0.3) is 0 Å². The summed E-state index contributed by atoms with van der Waals surface area (Å²) in [5.74, 6) is 0.710. The Labute approximate surface area is 181 Å². The number of ether oxygens (including phenoxy) is 2. The van der Waals surface area contributed by atoms with Crippen molar-refractivity contribution >= 4 is 23.1 Å². The number of ketones is 1. The lowest BCUT2D eigenvalue weighted by Crippen LogP contribution is -2.36. The van der Waals surface area contributed by atoms with Crippen LogP contribution in [-0.4, -0.2) is 56.1 Å². The molecule has 0 saturated carbocycles. The number of nitriles is 1. The zero-order valence-electron chi connectivity index (χ0n) is 17.4. The number of carbonyl (C=O) groups excluding carboxylic acids is 2. The van der Waals surface area contributed by atoms with Crippen molar-refractivity contribution in [1.82, 2.24) is 4.90 Å². The molecule has 8 heteroatoms. The number of carbonyl (C=O) groups is 2. The molecule has 8 nitrogen and oxygen atoms in total. The van der Waals surface area contributed by atoms with Gasteiger partial charge in [-0.05, 0) is 43.7 Å². The van der Waals surface area contributed by atoms with Crippen LogP contribution in [0, 0.1) is 11.3 Å². The number of rotatable bonds is 5. The van der Waals surface area contributed by atoms with Gasteiger partial charge in [0.15, 0.2) is 17.3 Å². The number of Topliss-reactive ketones (excluding diaryl/α,β-unsaturated/α-hetero) is 1. The van der Waals surface area contributed by atoms with Crippen molar-refractivity contribution in [3.8, 4) is 17.6 Å². The number of fused-ring (bicyclic) bond motifs is 1. The predicted molar refractivity (Wildman–Crippen MR) is 116 cm³/mol. The number of hydrogen-bond donors (Lipinski definition) is 1. The molecule has 0 bridgehead atoms. The fourth-order valence-electron chi connectivity index (χ4n) is 3.86. The molecular formula is C23H24N4O4. The highest BCUT2D eigenvalue weighted by molar-refractivity contribution is 6.05. The van der Waals surface area contributed by atoms with Crippen molar-refractivity contribution in [2.45, 2.75) is 13.3 Å². The lowest BCUT2D eigenvalue weighted by Gasteiger charge is -2.23. The van der Waals surface area contributed by atoms with E-state index in [1.54, 1.807) is 12.1 Å². The van der Waals surface area contributed by atoms with E-state index in [0.717, 1.165) is 38.3 Å². The highest BCUT2D eigenvalue weighted by Gasteiger charge is 2.22. The molecule has 31 heavy (non-hydrogen) atoms. The van der Waals surface area contributed by atoms with Gasteiger partial charge in [-0.3, -0.25) is 14.5 Å². The first-order valence-corrected chi connectivity index (χ1v) is 10.3. The molecule has 0 aliphatic carbocycles. The summed E-state index contributed by atoms with van der Waals surface area (Å²) < 4.78 is 10.7. The zero-order valence-corrected chi connectivity index (χ0v) is 17.4. The molecule has 0 aromatic heterocycles. The molecule has 2 aromatic rings. The molecule has 1 amide bonds. The van der Waals surface area contributed by atoms with Crippen LogP contribution in [-0.2, 0) is 4.79 Å². The summed E-state index contributed by atoms with van der Waals surface area (Å²) in [5.41, 5.74) is 2.57. The van der Waals surface area contributed by atoms with Gasteiger partial charge in [0.05, 0.1) is 23.9 Å². The summed E-state index contributed by atoms with van der Waals surface area (Å²) in [6.45, 7) is 5.04. The molecule has 0 radical (unpaired) electrons. The van der Waals surface area contributed by atoms with E-state index in [1.807, 2.05) is 24.3 Å². The van der Waals surface area contributed by atoms with Gasteiger partial charge in [0.2, 0.25) is 12.7 Å². The Bertz CT molecular complexity index is 1030. The summed E-state index contributed by atoms with van der Waals surface area (Å²) in [6.07, 6.45) is 0.927. The van der Waals surface area contributed by atoms with Gasteiger partial charge < -0.3 is 19.7 Å². The predicted octanol–water partition coefficient (Wildman–Crippen LogP) is 2.64. The minimum absolute atomic E-state index is 0.105. The first-order valence-electron chi connectivity index (χ1n) is 10.3. The zero-order chi connectivity index (χ0) is 21.8. The first-order chi connectivity index (χ1) is 15.0. The molecule has 0 unspecified atom stereocenters. The minimum Gasteiger partial charge on any atom is -0.454 e. The second kappa shape index (κ2) is 9.06. The minimum atomic E-state index is -0.173. The number of hydrogen-bond acceptors (Lipinski definition) is 7. The van der Waals surface area contributed by atoms with Crippen LogP contribution in [0.15, 0.2) is 36.4 Å². The molecule has 0 atom stereocenters. The third-order valence-corrected chi connectivity index (χ3v) is 5.48. The van der Waals surface area contributed by atoms with Crippen molar-refractivity contribution < 1.29 is 19.1 Å². The van der Waals surface area contributed by atoms with Crippen LogP contribution in [0.5, 0.6) is 11.5 Å². The summed E-state index contributed by atoms with van der Waals surface area (Å²) in [5, 5.41) is 11.8. The second-order valence-electron chi connectivity index (χ2n) is 7.63. The fourth-order valence-corrected chi connectivity index (χ4v) is 3.86. The summed E-state index contributed by atoms with van der Waals surface area (Å²) in [4.78, 5) is 29.1. The standard InChI is InChI=1S/C23H24N4O4/c1-16(28)19-11-21-22(31-15-30-21)12-20(19)25-23(29)14-26-7-2-8-27(10-9-26)18-5-3-17(13-24)4-6-18/h3-6,11-12H,2,7-10,14-15H2,1H3,(H,25,29). The number of benzene rings is 2. The lowest BCUT2D eigenvalue weighted by atomic mass is 10.1. The first kappa shape index (κ1) is 20.7. The van der Waals surface area contributed by atoms with Crippen LogP contribution in [0.2, 0.25) is 0 Å². The normalized spacial score (nSPS) is 15.8. The third-order valence-electron chi connectivity index (χ3n) is 5.48. The molecule has 2 aliphatic heterocycles. The van der Waals surface area contributed by atoms with Crippen molar-refractivity contribution in [1.29, 1.82) is 5.26 Å². The van der Waals surface area contributed by atoms with Crippen molar-refractivity contribution in [2.24, 2.45) is 0 Å². The van der Waals surface area contributed by atoms with E-state index in [4.69, 9.17) is 14.7 Å². The highest BCUT2D eigenvalue weighted by Crippen LogP contribution is 2.37. The van der Waals surface area contributed by atoms with Crippen LogP contribution < -0.4 is 19.7 Å². The number of nitrogens with zero attached hydrogens (tertiary/aromatic N) is 3. The van der Waals surface area contributed by atoms with Crippen molar-refractivity contribution in [3.63, 3.8) is 0 Å². The van der Waals surface area contributed by atoms with Crippen molar-refractivity contribution in [2.75, 3.05) is 49.7 Å². The maximum Gasteiger partial charge on any atom is 0.238 e. The Morgan fingerprint density at radius 2 is 1.81 bits per heavy atom. The molecule has 0 spiro atoms. The Morgan fingerprint density at radius 3 is 2.52 bits per heavy atom. The topological polar surface area (TPSA) is 94.9 Å². The smallest absolute Gasteiger partial charge is 0.238 e. The van der Waals surface area contributed by atoms with Gasteiger partial charge in [-0.15, -0.1) is 0 Å². The van der Waals surface area contributed by atoms with Gasteiger partial charge in [-0.2, -0.15) is 5.26 Å². The van der Waals surface area contributed by atoms with Gasteiger partial charge in [0.1, 0.15) is 0 Å². The molecule has 2 aliphatic rings. The van der Waals surface area contributed by atoms with Crippen molar-refractivity contribution in [3.05, 3.63) is 47.5 Å². The molecule has 1 saturated heterocycles. The quantitative estimate of drug-likeness (QED) is 0.743. The average molecular weight is 420 g/mol. The second-order valence-corrected chi connectivity index (χ2v) is 7.63. The van der Waals surface area contributed by atoms with Gasteiger partial charge in [0, 0.05) is 43.5 Å². The Kier molecular flexibility index (Phi) is 6.05. The Balaban J connectivity index is 1.37. The highest BCUT2D eigenvalue weighted by atomic mass is 16.7. The number of anilines is 2. The van der Waals surface area contributed by atoms with Crippen LogP contribution in [0.3, 0.4) is 0 Å². The van der Waals surface area contributed by atoms with E-state index >= 15 is 0 Å². The van der Waals surface area contributed by atoms with Crippen LogP contribution in [0.25, 0.3) is 0 Å². The molecule has 160 valence electrons. The van der Waals surface area contributed by atoms with Gasteiger partial charge >= 0.3 is 0 Å². The van der Waals surface area contributed by atoms with E-state index in [0.29, 0.717) is 28.3 Å². The van der Waals surface area contributed by atoms with E-state index in [9.17, 15) is 9.59 Å². The van der Waals surface area contributed by atoms with Crippen LogP contribution in [0.4, 0.5) is 11.4 Å². The van der Waals surface area contributed by atoms with Crippen LogP contribution >= 0.6 is 0 Å². The summed E-state index contributed by atoms with van der Waals surface area (Å²) in [7, 11) is 0. The van der Waals surface area contributed by atoms with E-state index in [2.05, 4.69) is 21.2 Å². The van der Waals surface area contributed by atoms with E-state index < -0.39 is 0 Å². The SMILES string of the molecule is CC(=O)c1cc2c(cc1NC(=O)CN1CCCN(c3ccc(C#N)cc3)CC1)OCO2. The number of nitrogens with one attached hydrogen (secondary N) is 1. The largest absolute Gasteiger partial charge is 0.454 e. The lowest BCUT2D eigenvalue weighted by molar-refractivity contribution is -0.117. The maximum absolute atomic E-state index is 12.7. The van der Waals surface area contributed by atoms with E-state index in [1.165, 1.54) is 6.92 Å². The molecule has 1 fully saturated rings. The molecule has 1 N–H and O–H groups in total. The van der Waals surface area contributed by atoms with Gasteiger partial charge in [-0.1, -0.05) is 0 Å².